The smallest absolute Gasteiger partial charge is 0.0450 e. The van der Waals surface area contributed by atoms with E-state index >= 15 is 0 Å². The van der Waals surface area contributed by atoms with E-state index in [1.54, 1.807) is 5.56 Å². The fraction of sp³-hybridized carbons (Fsp3) is 0.259. The van der Waals surface area contributed by atoms with Crippen LogP contribution in [-0.2, 0) is 0 Å². The Hall–Kier alpha value is -2.80. The minimum absolute atomic E-state index is 0.612. The van der Waals surface area contributed by atoms with Gasteiger partial charge in [-0.1, -0.05) is 73.5 Å². The lowest BCUT2D eigenvalue weighted by Crippen LogP contribution is -2.32. The van der Waals surface area contributed by atoms with Gasteiger partial charge < -0.3 is 4.90 Å². The molecule has 3 aromatic rings. The van der Waals surface area contributed by atoms with Crippen molar-refractivity contribution in [1.82, 2.24) is 0 Å². The molecule has 1 aliphatic carbocycles. The highest BCUT2D eigenvalue weighted by Crippen LogP contribution is 2.51. The number of allylic oxidation sites excluding steroid dienone is 1. The highest BCUT2D eigenvalue weighted by molar-refractivity contribution is 5.82. The molecule has 1 saturated carbocycles. The molecule has 1 nitrogen and oxygen atoms in total. The van der Waals surface area contributed by atoms with Gasteiger partial charge in [-0.2, -0.15) is 0 Å². The second kappa shape index (κ2) is 7.31. The van der Waals surface area contributed by atoms with Crippen molar-refractivity contribution in [2.45, 2.75) is 44.6 Å². The number of rotatable bonds is 3. The van der Waals surface area contributed by atoms with E-state index in [4.69, 9.17) is 0 Å². The Bertz CT molecular complexity index is 987. The lowest BCUT2D eigenvalue weighted by atomic mass is 9.82. The summed E-state index contributed by atoms with van der Waals surface area (Å²) in [4.78, 5) is 2.61. The molecular weight excluding hydrogens is 338 g/mol. The van der Waals surface area contributed by atoms with Gasteiger partial charge in [-0.05, 0) is 66.3 Å². The van der Waals surface area contributed by atoms with Crippen molar-refractivity contribution < 1.29 is 0 Å². The van der Waals surface area contributed by atoms with Crippen LogP contribution < -0.4 is 4.90 Å². The van der Waals surface area contributed by atoms with E-state index in [2.05, 4.69) is 96.8 Å². The monoisotopic (exact) mass is 365 g/mol. The number of benzene rings is 3. The van der Waals surface area contributed by atoms with Gasteiger partial charge in [-0.3, -0.25) is 0 Å². The summed E-state index contributed by atoms with van der Waals surface area (Å²) in [6.45, 7) is 2.21. The van der Waals surface area contributed by atoms with Gasteiger partial charge in [0.1, 0.15) is 0 Å². The molecule has 1 aliphatic heterocycles. The summed E-state index contributed by atoms with van der Waals surface area (Å²) in [6.07, 6.45) is 7.64. The molecule has 0 bridgehead atoms. The van der Waals surface area contributed by atoms with Crippen LogP contribution in [0.5, 0.6) is 0 Å². The Morgan fingerprint density at radius 3 is 2.36 bits per heavy atom. The maximum absolute atomic E-state index is 2.61. The number of para-hydroxylation sites is 1. The molecule has 1 heterocycles. The molecule has 5 rings (SSSR count). The third-order valence-corrected chi connectivity index (χ3v) is 6.42. The predicted molar refractivity (Wildman–Crippen MR) is 120 cm³/mol. The molecule has 0 saturated heterocycles. The minimum Gasteiger partial charge on any atom is -0.338 e. The van der Waals surface area contributed by atoms with E-state index in [1.165, 1.54) is 53.8 Å². The number of hydrogen-bond donors (Lipinski definition) is 0. The molecule has 0 aromatic heterocycles. The van der Waals surface area contributed by atoms with Crippen LogP contribution in [0.4, 0.5) is 11.4 Å². The van der Waals surface area contributed by atoms with Gasteiger partial charge in [0.2, 0.25) is 0 Å². The fourth-order valence-corrected chi connectivity index (χ4v) is 5.09. The third kappa shape index (κ3) is 3.05. The first-order valence-electron chi connectivity index (χ1n) is 10.5. The summed E-state index contributed by atoms with van der Waals surface area (Å²) < 4.78 is 0. The Morgan fingerprint density at radius 1 is 0.857 bits per heavy atom. The van der Waals surface area contributed by atoms with E-state index in [0.717, 1.165) is 0 Å². The van der Waals surface area contributed by atoms with E-state index < -0.39 is 0 Å². The molecule has 0 spiro atoms. The molecule has 2 unspecified atom stereocenters. The fourth-order valence-electron chi connectivity index (χ4n) is 5.09. The van der Waals surface area contributed by atoms with Crippen molar-refractivity contribution in [1.29, 1.82) is 0 Å². The summed E-state index contributed by atoms with van der Waals surface area (Å²) in [7, 11) is 0. The zero-order valence-corrected chi connectivity index (χ0v) is 16.5. The van der Waals surface area contributed by atoms with E-state index in [1.807, 2.05) is 0 Å². The topological polar surface area (TPSA) is 3.24 Å². The highest BCUT2D eigenvalue weighted by Gasteiger charge is 2.40. The van der Waals surface area contributed by atoms with Crippen molar-refractivity contribution in [3.05, 3.63) is 95.6 Å². The number of hydrogen-bond acceptors (Lipinski definition) is 1. The van der Waals surface area contributed by atoms with Crippen LogP contribution in [0.3, 0.4) is 0 Å². The third-order valence-electron chi connectivity index (χ3n) is 6.42. The normalized spacial score (nSPS) is 21.3. The maximum Gasteiger partial charge on any atom is 0.0450 e. The highest BCUT2D eigenvalue weighted by atomic mass is 15.2. The number of fused-ring (bicyclic) bond motifs is 3. The van der Waals surface area contributed by atoms with Crippen LogP contribution in [0.1, 0.15) is 55.2 Å². The average molecular weight is 366 g/mol. The van der Waals surface area contributed by atoms with Crippen LogP contribution in [0.15, 0.2) is 78.9 Å². The van der Waals surface area contributed by atoms with Crippen molar-refractivity contribution in [3.63, 3.8) is 0 Å². The first-order valence-corrected chi connectivity index (χ1v) is 10.5. The predicted octanol–water partition coefficient (Wildman–Crippen LogP) is 7.43. The maximum atomic E-state index is 2.61. The zero-order chi connectivity index (χ0) is 18.9. The molecule has 1 heteroatoms. The lowest BCUT2D eigenvalue weighted by molar-refractivity contribution is 0.402. The standard InChI is InChI=1S/C27H27N/c1-20(22-10-4-2-5-11-22)18-21-16-17-27-25(19-21)24-14-8-9-15-26(24)28(27)23-12-6-3-7-13-23/h2-7,10-13,16-19,24,26H,8-9,14-15H2,1H3/b20-18+. The van der Waals surface area contributed by atoms with Crippen LogP contribution in [0, 0.1) is 0 Å². The molecular formula is C27H27N. The van der Waals surface area contributed by atoms with Gasteiger partial charge in [-0.15, -0.1) is 0 Å². The lowest BCUT2D eigenvalue weighted by Gasteiger charge is -2.33. The number of nitrogens with zero attached hydrogens (tertiary/aromatic N) is 1. The second-order valence-electron chi connectivity index (χ2n) is 8.18. The van der Waals surface area contributed by atoms with Crippen molar-refractivity contribution in [2.75, 3.05) is 4.90 Å². The summed E-state index contributed by atoms with van der Waals surface area (Å²) in [5.41, 5.74) is 8.23. The first-order chi connectivity index (χ1) is 13.8. The van der Waals surface area contributed by atoms with Gasteiger partial charge in [0.25, 0.3) is 0 Å². The molecule has 2 atom stereocenters. The van der Waals surface area contributed by atoms with Crippen molar-refractivity contribution >= 4 is 23.0 Å². The second-order valence-corrected chi connectivity index (χ2v) is 8.18. The SMILES string of the molecule is C/C(=C\c1ccc2c(c1)C1CCCCC1N2c1ccccc1)c1ccccc1. The molecule has 3 aromatic carbocycles. The van der Waals surface area contributed by atoms with Gasteiger partial charge in [0.15, 0.2) is 0 Å². The van der Waals surface area contributed by atoms with Gasteiger partial charge in [0, 0.05) is 23.3 Å². The Kier molecular flexibility index (Phi) is 4.52. The Balaban J connectivity index is 1.55. The van der Waals surface area contributed by atoms with E-state index in [-0.39, 0.29) is 0 Å². The van der Waals surface area contributed by atoms with Crippen LogP contribution >= 0.6 is 0 Å². The van der Waals surface area contributed by atoms with Crippen molar-refractivity contribution in [2.24, 2.45) is 0 Å². The largest absolute Gasteiger partial charge is 0.338 e. The first kappa shape index (κ1) is 17.3. The van der Waals surface area contributed by atoms with E-state index in [0.29, 0.717) is 12.0 Å². The molecule has 0 radical (unpaired) electrons. The van der Waals surface area contributed by atoms with Gasteiger partial charge >= 0.3 is 0 Å². The molecule has 28 heavy (non-hydrogen) atoms. The Morgan fingerprint density at radius 2 is 1.57 bits per heavy atom. The molecule has 1 fully saturated rings. The summed E-state index contributed by atoms with van der Waals surface area (Å²) >= 11 is 0. The molecule has 2 aliphatic rings. The van der Waals surface area contributed by atoms with Crippen LogP contribution in [0.2, 0.25) is 0 Å². The van der Waals surface area contributed by atoms with Crippen molar-refractivity contribution in [3.8, 4) is 0 Å². The van der Waals surface area contributed by atoms with Crippen LogP contribution in [-0.4, -0.2) is 6.04 Å². The number of anilines is 2. The quantitative estimate of drug-likeness (QED) is 0.436. The van der Waals surface area contributed by atoms with Gasteiger partial charge in [0.05, 0.1) is 0 Å². The summed E-state index contributed by atoms with van der Waals surface area (Å²) in [5.74, 6) is 0.661. The average Bonchev–Trinajstić information content (AvgIpc) is 3.09. The van der Waals surface area contributed by atoms with Crippen LogP contribution in [0.25, 0.3) is 11.6 Å². The van der Waals surface area contributed by atoms with E-state index in [9.17, 15) is 0 Å². The minimum atomic E-state index is 0.612. The Labute approximate surface area is 168 Å². The summed E-state index contributed by atoms with van der Waals surface area (Å²) in [5, 5.41) is 0. The molecule has 0 N–H and O–H groups in total. The van der Waals surface area contributed by atoms with Gasteiger partial charge in [-0.25, -0.2) is 0 Å². The zero-order valence-electron chi connectivity index (χ0n) is 16.5. The molecule has 0 amide bonds. The molecule has 140 valence electrons. The summed E-state index contributed by atoms with van der Waals surface area (Å²) in [6, 6.07) is 29.3.